The Labute approximate surface area is 85.9 Å². The topological polar surface area (TPSA) is 93.9 Å². The van der Waals surface area contributed by atoms with Gasteiger partial charge in [-0.05, 0) is 6.07 Å². The molecule has 0 spiro atoms. The van der Waals surface area contributed by atoms with Crippen molar-refractivity contribution in [2.45, 2.75) is 0 Å². The van der Waals surface area contributed by atoms with E-state index in [2.05, 4.69) is 5.16 Å². The lowest BCUT2D eigenvalue weighted by Crippen LogP contribution is -2.14. The molecule has 6 heteroatoms. The van der Waals surface area contributed by atoms with Crippen molar-refractivity contribution in [3.05, 3.63) is 22.7 Å². The fraction of sp³-hybridized carbons (Fsp3) is 0.125. The van der Waals surface area contributed by atoms with E-state index >= 15 is 0 Å². The Bertz CT molecular complexity index is 379. The van der Waals surface area contributed by atoms with Crippen molar-refractivity contribution in [2.75, 3.05) is 12.8 Å². The summed E-state index contributed by atoms with van der Waals surface area (Å²) in [4.78, 5) is 0. The molecule has 5 nitrogen and oxygen atoms in total. The number of benzene rings is 1. The van der Waals surface area contributed by atoms with Crippen LogP contribution in [-0.2, 0) is 0 Å². The van der Waals surface area contributed by atoms with Crippen molar-refractivity contribution >= 4 is 23.1 Å². The van der Waals surface area contributed by atoms with E-state index in [-0.39, 0.29) is 5.84 Å². The number of nitrogens with zero attached hydrogens (tertiary/aromatic N) is 1. The molecule has 0 aromatic heterocycles. The Morgan fingerprint density at radius 3 is 2.71 bits per heavy atom. The van der Waals surface area contributed by atoms with Gasteiger partial charge in [-0.2, -0.15) is 0 Å². The molecule has 0 saturated heterocycles. The second-order valence-corrected chi connectivity index (χ2v) is 2.97. The summed E-state index contributed by atoms with van der Waals surface area (Å²) in [6.07, 6.45) is 0. The molecule has 0 bridgehead atoms. The number of amidine groups is 1. The maximum Gasteiger partial charge on any atom is 0.173 e. The van der Waals surface area contributed by atoms with Crippen molar-refractivity contribution in [1.29, 1.82) is 0 Å². The van der Waals surface area contributed by atoms with Crippen LogP contribution < -0.4 is 16.2 Å². The number of ether oxygens (including phenoxy) is 1. The molecule has 1 rings (SSSR count). The fourth-order valence-corrected chi connectivity index (χ4v) is 1.16. The van der Waals surface area contributed by atoms with Gasteiger partial charge in [0, 0.05) is 6.07 Å². The van der Waals surface area contributed by atoms with Gasteiger partial charge >= 0.3 is 0 Å². The first-order valence-electron chi connectivity index (χ1n) is 3.71. The Morgan fingerprint density at radius 2 is 2.21 bits per heavy atom. The first-order valence-corrected chi connectivity index (χ1v) is 4.08. The van der Waals surface area contributed by atoms with Crippen LogP contribution >= 0.6 is 11.6 Å². The van der Waals surface area contributed by atoms with Gasteiger partial charge in [0.05, 0.1) is 23.4 Å². The van der Waals surface area contributed by atoms with Crippen LogP contribution in [0, 0.1) is 0 Å². The minimum absolute atomic E-state index is 0.0799. The smallest absolute Gasteiger partial charge is 0.173 e. The summed E-state index contributed by atoms with van der Waals surface area (Å²) >= 11 is 5.77. The molecule has 0 aliphatic heterocycles. The predicted octanol–water partition coefficient (Wildman–Crippen LogP) is 1.03. The van der Waals surface area contributed by atoms with Gasteiger partial charge in [-0.25, -0.2) is 0 Å². The molecule has 0 unspecified atom stereocenters. The van der Waals surface area contributed by atoms with Crippen LogP contribution in [0.2, 0.25) is 5.02 Å². The molecule has 0 aliphatic carbocycles. The van der Waals surface area contributed by atoms with E-state index in [4.69, 9.17) is 33.0 Å². The molecule has 0 radical (unpaired) electrons. The Kier molecular flexibility index (Phi) is 3.03. The summed E-state index contributed by atoms with van der Waals surface area (Å²) in [5.74, 6) is 0.325. The average Bonchev–Trinajstić information content (AvgIpc) is 2.20. The molecule has 1 aromatic rings. The summed E-state index contributed by atoms with van der Waals surface area (Å²) in [5.41, 5.74) is 11.7. The third-order valence-corrected chi connectivity index (χ3v) is 2.03. The monoisotopic (exact) mass is 215 g/mol. The first kappa shape index (κ1) is 10.5. The van der Waals surface area contributed by atoms with Gasteiger partial charge in [-0.3, -0.25) is 0 Å². The number of nitrogens with two attached hydrogens (primary N) is 2. The van der Waals surface area contributed by atoms with Gasteiger partial charge in [-0.15, -0.1) is 0 Å². The Hall–Kier alpha value is -1.62. The van der Waals surface area contributed by atoms with Crippen LogP contribution in [0.4, 0.5) is 5.69 Å². The molecule has 0 heterocycles. The molecule has 0 amide bonds. The number of anilines is 1. The van der Waals surface area contributed by atoms with E-state index in [0.29, 0.717) is 22.0 Å². The van der Waals surface area contributed by atoms with E-state index in [1.807, 2.05) is 0 Å². The van der Waals surface area contributed by atoms with Crippen molar-refractivity contribution < 1.29 is 9.94 Å². The van der Waals surface area contributed by atoms with Crippen LogP contribution in [0.1, 0.15) is 5.56 Å². The van der Waals surface area contributed by atoms with Crippen LogP contribution in [0.15, 0.2) is 17.3 Å². The van der Waals surface area contributed by atoms with Gasteiger partial charge in [0.1, 0.15) is 5.75 Å². The highest BCUT2D eigenvalue weighted by atomic mass is 35.5. The molecule has 0 saturated carbocycles. The maximum absolute atomic E-state index is 8.50. The lowest BCUT2D eigenvalue weighted by molar-refractivity contribution is 0.318. The molecule has 76 valence electrons. The summed E-state index contributed by atoms with van der Waals surface area (Å²) in [6.45, 7) is 0. The highest BCUT2D eigenvalue weighted by Crippen LogP contribution is 2.28. The molecule has 0 atom stereocenters. The highest BCUT2D eigenvalue weighted by Gasteiger charge is 2.10. The molecular weight excluding hydrogens is 206 g/mol. The number of oxime groups is 1. The first-order chi connectivity index (χ1) is 6.60. The lowest BCUT2D eigenvalue weighted by atomic mass is 10.1. The van der Waals surface area contributed by atoms with Gasteiger partial charge in [0.15, 0.2) is 5.84 Å². The molecule has 14 heavy (non-hydrogen) atoms. The van der Waals surface area contributed by atoms with E-state index in [1.54, 1.807) is 0 Å². The average molecular weight is 216 g/mol. The zero-order chi connectivity index (χ0) is 10.7. The number of halogens is 1. The third kappa shape index (κ3) is 1.82. The zero-order valence-electron chi connectivity index (χ0n) is 7.49. The van der Waals surface area contributed by atoms with Crippen LogP contribution in [0.25, 0.3) is 0 Å². The number of methoxy groups -OCH3 is 1. The lowest BCUT2D eigenvalue weighted by Gasteiger charge is -2.08. The Morgan fingerprint density at radius 1 is 1.57 bits per heavy atom. The summed E-state index contributed by atoms with van der Waals surface area (Å²) in [5, 5.41) is 11.7. The van der Waals surface area contributed by atoms with Gasteiger partial charge in [0.25, 0.3) is 0 Å². The minimum Gasteiger partial charge on any atom is -0.496 e. The van der Waals surface area contributed by atoms with Crippen molar-refractivity contribution in [2.24, 2.45) is 10.9 Å². The summed E-state index contributed by atoms with van der Waals surface area (Å²) in [6, 6.07) is 2.99. The Balaban J connectivity index is 3.34. The number of nitrogen functional groups attached to an aromatic ring is 1. The molecule has 1 aromatic carbocycles. The number of rotatable bonds is 2. The van der Waals surface area contributed by atoms with E-state index < -0.39 is 0 Å². The largest absolute Gasteiger partial charge is 0.496 e. The highest BCUT2D eigenvalue weighted by molar-refractivity contribution is 6.33. The molecule has 0 aliphatic rings. The quantitative estimate of drug-likeness (QED) is 0.226. The normalized spacial score (nSPS) is 11.4. The van der Waals surface area contributed by atoms with E-state index in [0.717, 1.165) is 0 Å². The van der Waals surface area contributed by atoms with Gasteiger partial charge < -0.3 is 21.4 Å². The van der Waals surface area contributed by atoms with E-state index in [9.17, 15) is 0 Å². The van der Waals surface area contributed by atoms with Crippen LogP contribution in [0.5, 0.6) is 5.75 Å². The SMILES string of the molecule is COc1cc(N)c(Cl)cc1/C(N)=N/O. The number of hydrogen-bond acceptors (Lipinski definition) is 4. The van der Waals surface area contributed by atoms with Crippen LogP contribution in [0.3, 0.4) is 0 Å². The zero-order valence-corrected chi connectivity index (χ0v) is 8.25. The summed E-state index contributed by atoms with van der Waals surface area (Å²) < 4.78 is 4.99. The van der Waals surface area contributed by atoms with Crippen molar-refractivity contribution in [3.63, 3.8) is 0 Å². The summed E-state index contributed by atoms with van der Waals surface area (Å²) in [7, 11) is 1.46. The van der Waals surface area contributed by atoms with Gasteiger partial charge in [-0.1, -0.05) is 16.8 Å². The van der Waals surface area contributed by atoms with Crippen LogP contribution in [-0.4, -0.2) is 18.2 Å². The molecule has 0 fully saturated rings. The second-order valence-electron chi connectivity index (χ2n) is 2.56. The standard InChI is InChI=1S/C8H10ClN3O2/c1-14-7-3-6(10)5(9)2-4(7)8(11)12-13/h2-3,13H,10H2,1H3,(H2,11,12). The van der Waals surface area contributed by atoms with Crippen molar-refractivity contribution in [3.8, 4) is 5.75 Å². The molecular formula is C8H10ClN3O2. The van der Waals surface area contributed by atoms with E-state index in [1.165, 1.54) is 19.2 Å². The molecule has 5 N–H and O–H groups in total. The van der Waals surface area contributed by atoms with Crippen molar-refractivity contribution in [1.82, 2.24) is 0 Å². The number of hydrogen-bond donors (Lipinski definition) is 3. The van der Waals surface area contributed by atoms with Gasteiger partial charge in [0.2, 0.25) is 0 Å². The minimum atomic E-state index is -0.0799. The third-order valence-electron chi connectivity index (χ3n) is 1.70. The fourth-order valence-electron chi connectivity index (χ4n) is 0.992. The maximum atomic E-state index is 8.50. The second kappa shape index (κ2) is 4.06. The predicted molar refractivity (Wildman–Crippen MR) is 54.9 cm³/mol.